The summed E-state index contributed by atoms with van der Waals surface area (Å²) in [4.78, 5) is 11.1. The zero-order valence-corrected chi connectivity index (χ0v) is 6.78. The number of hydrogen-bond donors (Lipinski definition) is 0. The lowest BCUT2D eigenvalue weighted by Gasteiger charge is -2.08. The Hall–Kier alpha value is -0.240. The molecule has 10 heavy (non-hydrogen) atoms. The molecule has 1 aliphatic rings. The van der Waals surface area contributed by atoms with E-state index in [2.05, 4.69) is 4.74 Å². The van der Waals surface area contributed by atoms with Crippen molar-refractivity contribution in [1.82, 2.24) is 0 Å². The van der Waals surface area contributed by atoms with Crippen LogP contribution in [0.3, 0.4) is 0 Å². The van der Waals surface area contributed by atoms with Crippen LogP contribution in [-0.2, 0) is 9.53 Å². The number of rotatable bonds is 3. The van der Waals surface area contributed by atoms with Gasteiger partial charge in [-0.3, -0.25) is 4.79 Å². The summed E-state index contributed by atoms with van der Waals surface area (Å²) in [5.41, 5.74) is -0.144. The van der Waals surface area contributed by atoms with Crippen molar-refractivity contribution in [3.63, 3.8) is 0 Å². The maximum absolute atomic E-state index is 11.1. The largest absolute Gasteiger partial charge is 0.449 e. The highest BCUT2D eigenvalue weighted by Crippen LogP contribution is 2.49. The molecule has 0 N–H and O–H groups in total. The van der Waals surface area contributed by atoms with E-state index in [4.69, 9.17) is 11.6 Å². The number of halogens is 1. The number of carbonyl (C=O) groups excluding carboxylic acids is 1. The van der Waals surface area contributed by atoms with E-state index in [-0.39, 0.29) is 17.5 Å². The lowest BCUT2D eigenvalue weighted by atomic mass is 10.1. The Kier molecular flexibility index (Phi) is 2.19. The Morgan fingerprint density at radius 2 is 2.30 bits per heavy atom. The maximum atomic E-state index is 11.1. The Bertz CT molecular complexity index is 141. The average molecular weight is 163 g/mol. The van der Waals surface area contributed by atoms with E-state index in [1.165, 1.54) is 0 Å². The molecule has 3 heteroatoms. The van der Waals surface area contributed by atoms with Gasteiger partial charge in [0, 0.05) is 0 Å². The van der Waals surface area contributed by atoms with E-state index in [9.17, 15) is 4.79 Å². The molecule has 1 fully saturated rings. The first-order valence-corrected chi connectivity index (χ1v) is 4.02. The fraction of sp³-hybridized carbons (Fsp3) is 0.857. The molecule has 0 spiro atoms. The van der Waals surface area contributed by atoms with Crippen molar-refractivity contribution in [1.29, 1.82) is 0 Å². The average Bonchev–Trinajstić information content (AvgIpc) is 2.68. The van der Waals surface area contributed by atoms with Gasteiger partial charge in [-0.1, -0.05) is 18.5 Å². The summed E-state index contributed by atoms with van der Waals surface area (Å²) >= 11 is 5.24. The zero-order valence-electron chi connectivity index (χ0n) is 6.02. The molecule has 0 amide bonds. The predicted molar refractivity (Wildman–Crippen MR) is 38.8 cm³/mol. The fourth-order valence-corrected chi connectivity index (χ4v) is 1.15. The molecule has 0 aromatic rings. The van der Waals surface area contributed by atoms with Crippen LogP contribution in [0.15, 0.2) is 0 Å². The highest BCUT2D eigenvalue weighted by Gasteiger charge is 2.49. The molecule has 0 heterocycles. The van der Waals surface area contributed by atoms with Crippen molar-refractivity contribution in [2.45, 2.75) is 26.2 Å². The van der Waals surface area contributed by atoms with E-state index in [1.807, 2.05) is 6.92 Å². The number of hydrogen-bond acceptors (Lipinski definition) is 2. The van der Waals surface area contributed by atoms with Crippen LogP contribution >= 0.6 is 11.6 Å². The van der Waals surface area contributed by atoms with Crippen LogP contribution in [0.5, 0.6) is 0 Å². The van der Waals surface area contributed by atoms with Gasteiger partial charge >= 0.3 is 5.97 Å². The predicted octanol–water partition coefficient (Wildman–Crippen LogP) is 1.92. The summed E-state index contributed by atoms with van der Waals surface area (Å²) in [6.07, 6.45) is 2.82. The highest BCUT2D eigenvalue weighted by atomic mass is 35.5. The summed E-state index contributed by atoms with van der Waals surface area (Å²) in [6.45, 7) is 2.00. The smallest absolute Gasteiger partial charge is 0.313 e. The molecule has 58 valence electrons. The lowest BCUT2D eigenvalue weighted by molar-refractivity contribution is -0.148. The van der Waals surface area contributed by atoms with E-state index < -0.39 is 0 Å². The number of ether oxygens (including phenoxy) is 1. The summed E-state index contributed by atoms with van der Waals surface area (Å²) in [5.74, 6) is -0.120. The Morgan fingerprint density at radius 1 is 1.70 bits per heavy atom. The van der Waals surface area contributed by atoms with E-state index in [1.54, 1.807) is 0 Å². The van der Waals surface area contributed by atoms with Gasteiger partial charge in [0.2, 0.25) is 0 Å². The zero-order chi connectivity index (χ0) is 7.61. The van der Waals surface area contributed by atoms with Crippen LogP contribution in [0.2, 0.25) is 0 Å². The fourth-order valence-electron chi connectivity index (χ4n) is 1.06. The number of carbonyl (C=O) groups is 1. The van der Waals surface area contributed by atoms with Crippen molar-refractivity contribution in [3.8, 4) is 0 Å². The molecule has 0 radical (unpaired) electrons. The molecule has 2 nitrogen and oxygen atoms in total. The van der Waals surface area contributed by atoms with E-state index in [0.29, 0.717) is 0 Å². The second-order valence-electron chi connectivity index (χ2n) is 2.67. The van der Waals surface area contributed by atoms with E-state index in [0.717, 1.165) is 19.3 Å². The first-order valence-electron chi connectivity index (χ1n) is 3.48. The summed E-state index contributed by atoms with van der Waals surface area (Å²) < 4.78 is 4.69. The van der Waals surface area contributed by atoms with Crippen molar-refractivity contribution in [2.24, 2.45) is 5.41 Å². The molecule has 0 atom stereocenters. The van der Waals surface area contributed by atoms with Gasteiger partial charge in [0.15, 0.2) is 6.07 Å². The van der Waals surface area contributed by atoms with Gasteiger partial charge in [0.25, 0.3) is 0 Å². The first kappa shape index (κ1) is 7.86. The summed E-state index contributed by atoms with van der Waals surface area (Å²) in [6, 6.07) is -0.0133. The number of esters is 1. The molecular formula is C7H11ClO2. The third-order valence-electron chi connectivity index (χ3n) is 2.15. The molecule has 1 aliphatic carbocycles. The summed E-state index contributed by atoms with van der Waals surface area (Å²) in [5, 5.41) is 0. The van der Waals surface area contributed by atoms with Crippen molar-refractivity contribution >= 4 is 17.6 Å². The van der Waals surface area contributed by atoms with Crippen LogP contribution < -0.4 is 0 Å². The van der Waals surface area contributed by atoms with Crippen molar-refractivity contribution in [2.75, 3.05) is 6.07 Å². The highest BCUT2D eigenvalue weighted by molar-refractivity contribution is 6.17. The van der Waals surface area contributed by atoms with Gasteiger partial charge in [-0.2, -0.15) is 0 Å². The lowest BCUT2D eigenvalue weighted by Crippen LogP contribution is -2.17. The van der Waals surface area contributed by atoms with Crippen molar-refractivity contribution < 1.29 is 9.53 Å². The minimum Gasteiger partial charge on any atom is -0.449 e. The first-order chi connectivity index (χ1) is 4.75. The van der Waals surface area contributed by atoms with Crippen molar-refractivity contribution in [3.05, 3.63) is 0 Å². The van der Waals surface area contributed by atoms with Gasteiger partial charge in [-0.25, -0.2) is 0 Å². The quantitative estimate of drug-likeness (QED) is 0.468. The van der Waals surface area contributed by atoms with Gasteiger partial charge < -0.3 is 4.74 Å². The minimum atomic E-state index is -0.144. The van der Waals surface area contributed by atoms with Crippen LogP contribution in [0.4, 0.5) is 0 Å². The summed E-state index contributed by atoms with van der Waals surface area (Å²) in [7, 11) is 0. The molecule has 1 rings (SSSR count). The minimum absolute atomic E-state index is 0.0133. The second kappa shape index (κ2) is 2.79. The van der Waals surface area contributed by atoms with Gasteiger partial charge in [-0.15, -0.1) is 0 Å². The molecule has 0 aliphatic heterocycles. The molecule has 1 saturated carbocycles. The van der Waals surface area contributed by atoms with Crippen LogP contribution in [-0.4, -0.2) is 12.0 Å². The topological polar surface area (TPSA) is 26.3 Å². The normalized spacial score (nSPS) is 20.2. The molecule has 0 aromatic heterocycles. The molecule has 0 bridgehead atoms. The third-order valence-corrected chi connectivity index (χ3v) is 2.26. The van der Waals surface area contributed by atoms with Crippen LogP contribution in [0.25, 0.3) is 0 Å². The Morgan fingerprint density at radius 3 is 2.60 bits per heavy atom. The molecule has 0 aromatic carbocycles. The Balaban J connectivity index is 2.40. The van der Waals surface area contributed by atoms with Crippen LogP contribution in [0, 0.1) is 5.41 Å². The maximum Gasteiger partial charge on any atom is 0.313 e. The van der Waals surface area contributed by atoms with Gasteiger partial charge in [0.05, 0.1) is 5.41 Å². The molecule has 0 unspecified atom stereocenters. The van der Waals surface area contributed by atoms with Gasteiger partial charge in [0.1, 0.15) is 0 Å². The SMILES string of the molecule is CCC1(C(=O)OCCl)CC1. The van der Waals surface area contributed by atoms with E-state index >= 15 is 0 Å². The van der Waals surface area contributed by atoms with Crippen LogP contribution in [0.1, 0.15) is 26.2 Å². The molecular weight excluding hydrogens is 152 g/mol. The third kappa shape index (κ3) is 1.26. The van der Waals surface area contributed by atoms with Gasteiger partial charge in [-0.05, 0) is 19.3 Å². The molecule has 0 saturated heterocycles. The second-order valence-corrected chi connectivity index (χ2v) is 2.89. The standard InChI is InChI=1S/C7H11ClO2/c1-2-7(3-4-7)6(9)10-5-8/h2-5H2,1H3. The monoisotopic (exact) mass is 162 g/mol. The number of alkyl halides is 1. The Labute approximate surface area is 65.5 Å².